The summed E-state index contributed by atoms with van der Waals surface area (Å²) in [6.45, 7) is 6.98. The van der Waals surface area contributed by atoms with E-state index in [4.69, 9.17) is 39.8 Å². The molecule has 3 amide bonds. The van der Waals surface area contributed by atoms with E-state index in [2.05, 4.69) is 106 Å². The van der Waals surface area contributed by atoms with Crippen molar-refractivity contribution < 1.29 is 52.8 Å². The monoisotopic (exact) mass is 1820 g/mol. The number of imidazole rings is 2. The molecule has 8 aromatic rings. The number of aryl methyl sites for hydroxylation is 2. The van der Waals surface area contributed by atoms with Gasteiger partial charge >= 0.3 is 124 Å². The number of unbranched alkanes of at least 4 members (excludes halogenated alkanes) is 3. The third-order valence-corrected chi connectivity index (χ3v) is 42.7. The number of aromatic nitrogens is 4. The molecule has 102 heavy (non-hydrogen) atoms. The number of carbonyl (C=O) groups excluding carboxylic acids is 3. The second-order valence-corrected chi connectivity index (χ2v) is 50.3. The van der Waals surface area contributed by atoms with E-state index in [9.17, 15) is 52.8 Å². The minimum atomic E-state index is -3.89. The fourth-order valence-electron chi connectivity index (χ4n) is 11.5. The molecule has 37 heteroatoms. The van der Waals surface area contributed by atoms with Crippen molar-refractivity contribution in [3.63, 3.8) is 0 Å². The van der Waals surface area contributed by atoms with Gasteiger partial charge in [0.15, 0.2) is 0 Å². The molecule has 0 aliphatic carbocycles. The van der Waals surface area contributed by atoms with Crippen LogP contribution >= 0.6 is 101 Å². The fraction of sp³-hybridized carbons (Fsp3) is 0.400. The predicted octanol–water partition coefficient (Wildman–Crippen LogP) is 14.7. The summed E-state index contributed by atoms with van der Waals surface area (Å²) in [6.07, 6.45) is 16.9. The first-order chi connectivity index (χ1) is 48.2. The molecule has 3 aromatic carbocycles. The second-order valence-electron chi connectivity index (χ2n) is 24.6. The Kier molecular flexibility index (Phi) is 30.2. The molecule has 0 spiro atoms. The number of hydrogen-bond acceptors (Lipinski definition) is 14. The maximum Gasteiger partial charge on any atom is 0.280 e. The van der Waals surface area contributed by atoms with E-state index in [0.29, 0.717) is 11.4 Å². The Labute approximate surface area is 641 Å². The number of nitrogens with one attached hydrogen (secondary N) is 6. The van der Waals surface area contributed by atoms with Gasteiger partial charge in [-0.2, -0.15) is 52.3 Å². The van der Waals surface area contributed by atoms with E-state index in [0.717, 1.165) is 63.9 Å². The molecule has 0 unspecified atom stereocenters. The topological polar surface area (TPSA) is 271 Å². The van der Waals surface area contributed by atoms with E-state index in [1.54, 1.807) is 10.0 Å². The number of thiophene rings is 3. The minimum Gasteiger partial charge on any atom is -0.340 e. The van der Waals surface area contributed by atoms with Gasteiger partial charge in [0.1, 0.15) is 35.6 Å². The Hall–Kier alpha value is -4.38. The van der Waals surface area contributed by atoms with Crippen LogP contribution < -0.4 is 33.8 Å². The summed E-state index contributed by atoms with van der Waals surface area (Å²) in [6, 6.07) is 17.9. The van der Waals surface area contributed by atoms with Crippen molar-refractivity contribution in [2.24, 2.45) is 14.1 Å². The number of halogens is 8. The van der Waals surface area contributed by atoms with E-state index >= 15 is 0 Å². The maximum absolute atomic E-state index is 13.4. The molecule has 22 nitrogen and oxygen atoms in total. The largest absolute Gasteiger partial charge is 0.340 e. The van der Waals surface area contributed by atoms with Crippen LogP contribution in [-0.4, -0.2) is 133 Å². The van der Waals surface area contributed by atoms with Gasteiger partial charge in [-0.1, -0.05) is 34.8 Å². The number of likely N-dealkylation sites (N-methyl/N-ethyl adjacent to an activating group) is 3. The summed E-state index contributed by atoms with van der Waals surface area (Å²) in [7, 11) is -3.53. The van der Waals surface area contributed by atoms with Crippen molar-refractivity contribution in [1.82, 2.24) is 46.2 Å². The molecule has 0 saturated carbocycles. The van der Waals surface area contributed by atoms with Crippen LogP contribution in [0.15, 0.2) is 124 Å². The van der Waals surface area contributed by atoms with Gasteiger partial charge in [0.2, 0.25) is 17.7 Å². The summed E-state index contributed by atoms with van der Waals surface area (Å²) in [4.78, 5) is 50.6. The van der Waals surface area contributed by atoms with Gasteiger partial charge in [-0.05, 0) is 142 Å². The predicted molar refractivity (Wildman–Crippen MR) is 411 cm³/mol. The van der Waals surface area contributed by atoms with Gasteiger partial charge in [-0.3, -0.25) is 14.4 Å². The van der Waals surface area contributed by atoms with Crippen molar-refractivity contribution in [2.75, 3.05) is 37.1 Å². The van der Waals surface area contributed by atoms with Crippen LogP contribution in [0.2, 0.25) is 28.4 Å². The number of amides is 3. The van der Waals surface area contributed by atoms with Gasteiger partial charge in [0, 0.05) is 66.1 Å². The molecule has 6 atom stereocenters. The normalized spacial score (nSPS) is 20.4. The molecule has 554 valence electrons. The number of anilines is 3. The first-order valence-corrected chi connectivity index (χ1v) is 49.2. The van der Waals surface area contributed by atoms with Crippen LogP contribution in [0.3, 0.4) is 0 Å². The Bertz CT molecular complexity index is 4420. The van der Waals surface area contributed by atoms with Crippen molar-refractivity contribution in [2.45, 2.75) is 128 Å². The van der Waals surface area contributed by atoms with Crippen LogP contribution in [0.4, 0.5) is 30.2 Å². The van der Waals surface area contributed by atoms with Gasteiger partial charge < -0.3 is 20.5 Å². The molecule has 8 heterocycles. The van der Waals surface area contributed by atoms with E-state index in [1.165, 1.54) is 143 Å². The van der Waals surface area contributed by atoms with Crippen molar-refractivity contribution >= 4 is 188 Å². The molecule has 6 N–H and O–H groups in total. The number of hydrogen-bond donors (Lipinski definition) is 6. The Morgan fingerprint density at radius 1 is 0.510 bits per heavy atom. The molecule has 0 radical (unpaired) electrons. The van der Waals surface area contributed by atoms with Crippen LogP contribution in [0.1, 0.15) is 111 Å². The SMILES string of the molecule is CCC[CH2][Sn]([CH2]CCC)([CH2]CCC)[c]1cn(C)cn1.CN1[C@@H](C(=O)Nc2ccc(F)c(Cl)c2)C[C@@H](c2ccc(Br)s2)NS1(=O)=O.CN1[C@H](C(=O)Nc2ccc(F)c(Cl)c2)C[C@@H](c2ccc(-c3cn(C)cn3)s2)NS1(=O)=O.CN1[C@H](C(=O)Nc2ccc(F)c(Cl)c2)C[C@@H](c2ccc(Br)s2)NS1(=O)=O. The van der Waals surface area contributed by atoms with Gasteiger partial charge in [0.05, 0.1) is 57.7 Å². The standard InChI is InChI=1S/C19H19ClFN5O3S2.2C15H14BrClFN3O3S2.C4H5N2.3C4H9.Sn/c1-25-9-15(22-10-25)18-6-5-17(30-18)14-8-16(26(2)31(28,29)24-14)19(27)23-11-3-4-13(21)12(20)7-11;2*1-21-12(15(22)19-8-2-3-10(18)9(17)6-8)7-11(20-26(21,23)24)13-4-5-14(16)25-13;1-6-3-2-5-4-6;3*1-3-4-2;/h3-7,9-10,14,16,24H,8H2,1-2H3,(H,23,27);2*2-6,11-12,20H,7H2,1H3,(H,19,22);3-4H,1H3;3*1,3-4H2,2H3;/t14-,16-;11-,12+;11-,12-;;;;;/m000...../s1. The van der Waals surface area contributed by atoms with Gasteiger partial charge in [0.25, 0.3) is 30.6 Å². The molecular weight excluding hydrogens is 1740 g/mol. The van der Waals surface area contributed by atoms with Crippen LogP contribution in [-0.2, 0) is 59.1 Å². The zero-order valence-electron chi connectivity index (χ0n) is 56.7. The summed E-state index contributed by atoms with van der Waals surface area (Å²) in [5.74, 6) is -3.37. The van der Waals surface area contributed by atoms with E-state index in [1.807, 2.05) is 60.5 Å². The molecule has 3 aliphatic rings. The summed E-state index contributed by atoms with van der Waals surface area (Å²) in [5, 5.41) is 7.42. The zero-order chi connectivity index (χ0) is 74.6. The van der Waals surface area contributed by atoms with Crippen molar-refractivity contribution in [3.05, 3.63) is 171 Å². The first-order valence-electron chi connectivity index (χ1n) is 32.3. The Morgan fingerprint density at radius 2 is 0.843 bits per heavy atom. The number of nitrogens with zero attached hydrogens (tertiary/aromatic N) is 7. The zero-order valence-corrected chi connectivity index (χ0v) is 69.9. The average Bonchev–Trinajstić information content (AvgIpc) is 1.12. The Balaban J connectivity index is 0.000000175. The number of rotatable bonds is 20. The van der Waals surface area contributed by atoms with Crippen molar-refractivity contribution in [1.29, 1.82) is 0 Å². The number of carbonyl (C=O) groups is 3. The molecule has 3 fully saturated rings. The van der Waals surface area contributed by atoms with Gasteiger partial charge in [-0.15, -0.1) is 34.0 Å². The molecule has 3 aliphatic heterocycles. The first kappa shape index (κ1) is 83.3. The smallest absolute Gasteiger partial charge is 0.280 e. The summed E-state index contributed by atoms with van der Waals surface area (Å²) < 4.78 is 137. The summed E-state index contributed by atoms with van der Waals surface area (Å²) >= 11 is 25.9. The maximum atomic E-state index is 13.4. The third kappa shape index (κ3) is 21.9. The Morgan fingerprint density at radius 3 is 1.14 bits per heavy atom. The van der Waals surface area contributed by atoms with E-state index in [-0.39, 0.29) is 40.0 Å². The third-order valence-electron chi connectivity index (χ3n) is 17.3. The fourth-order valence-corrected chi connectivity index (χ4v) is 35.6. The minimum absolute atomic E-state index is 0.129. The van der Waals surface area contributed by atoms with E-state index < -0.39 is 120 Å². The van der Waals surface area contributed by atoms with Crippen LogP contribution in [0.5, 0.6) is 0 Å². The second kappa shape index (κ2) is 37.0. The summed E-state index contributed by atoms with van der Waals surface area (Å²) in [5.41, 5.74) is 1.66. The molecule has 11 rings (SSSR count). The molecule has 0 bridgehead atoms. The molecule has 5 aromatic heterocycles. The van der Waals surface area contributed by atoms with Crippen molar-refractivity contribution in [3.8, 4) is 10.6 Å². The quantitative estimate of drug-likeness (QED) is 0.0391. The molecule has 3 saturated heterocycles. The molecular formula is C65H79Br2Cl3F3N13O9S6Sn. The van der Waals surface area contributed by atoms with Gasteiger partial charge in [-0.25, -0.2) is 18.2 Å². The number of benzene rings is 3. The average molecular weight is 1820 g/mol. The van der Waals surface area contributed by atoms with Crippen LogP contribution in [0, 0.1) is 17.5 Å². The van der Waals surface area contributed by atoms with Crippen LogP contribution in [0.25, 0.3) is 10.6 Å².